The van der Waals surface area contributed by atoms with E-state index in [1.54, 1.807) is 30.3 Å². The van der Waals surface area contributed by atoms with Gasteiger partial charge in [-0.25, -0.2) is 4.79 Å². The summed E-state index contributed by atoms with van der Waals surface area (Å²) >= 11 is 9.98. The molecule has 0 radical (unpaired) electrons. The van der Waals surface area contributed by atoms with Gasteiger partial charge >= 0.3 is 5.97 Å². The maximum atomic E-state index is 12.8. The number of carboxylic acid groups (broad SMARTS) is 1. The van der Waals surface area contributed by atoms with Gasteiger partial charge in [0.25, 0.3) is 5.24 Å². The van der Waals surface area contributed by atoms with Crippen LogP contribution in [0.2, 0.25) is 5.02 Å². The summed E-state index contributed by atoms with van der Waals surface area (Å²) in [5.74, 6) is -1.66. The van der Waals surface area contributed by atoms with Crippen LogP contribution >= 0.6 is 39.3 Å². The van der Waals surface area contributed by atoms with Crippen LogP contribution in [0.5, 0.6) is 5.75 Å². The lowest BCUT2D eigenvalue weighted by molar-refractivity contribution is -0.139. The third kappa shape index (κ3) is 5.41. The fourth-order valence-corrected chi connectivity index (χ4v) is 4.38. The van der Waals surface area contributed by atoms with Crippen molar-refractivity contribution in [3.8, 4) is 5.75 Å². The number of amides is 2. The number of carboxylic acids is 1. The van der Waals surface area contributed by atoms with Crippen molar-refractivity contribution in [3.63, 3.8) is 0 Å². The lowest BCUT2D eigenvalue weighted by Gasteiger charge is -2.15. The normalized spacial score (nSPS) is 16.1. The van der Waals surface area contributed by atoms with Crippen molar-refractivity contribution in [2.24, 2.45) is 0 Å². The lowest BCUT2D eigenvalue weighted by Crippen LogP contribution is -2.36. The zero-order valence-corrected chi connectivity index (χ0v) is 18.5. The van der Waals surface area contributed by atoms with E-state index in [1.165, 1.54) is 12.1 Å². The molecule has 2 aromatic rings. The van der Waals surface area contributed by atoms with Gasteiger partial charge in [0.1, 0.15) is 5.75 Å². The van der Waals surface area contributed by atoms with E-state index in [0.717, 1.165) is 21.1 Å². The van der Waals surface area contributed by atoms with Crippen molar-refractivity contribution in [2.45, 2.75) is 11.7 Å². The fraction of sp³-hybridized carbons (Fsp3) is 0.200. The van der Waals surface area contributed by atoms with Crippen molar-refractivity contribution in [3.05, 3.63) is 63.1 Å². The number of ether oxygens (including phenoxy) is 1. The van der Waals surface area contributed by atoms with Gasteiger partial charge in [0.2, 0.25) is 5.91 Å². The number of hydrogen-bond acceptors (Lipinski definition) is 6. The van der Waals surface area contributed by atoms with Crippen LogP contribution in [0.1, 0.15) is 15.9 Å². The molecule has 1 aliphatic rings. The summed E-state index contributed by atoms with van der Waals surface area (Å²) in [6.07, 6.45) is 0.148. The van der Waals surface area contributed by atoms with Gasteiger partial charge in [-0.2, -0.15) is 0 Å². The van der Waals surface area contributed by atoms with E-state index in [-0.39, 0.29) is 18.7 Å². The van der Waals surface area contributed by atoms with Crippen molar-refractivity contribution >= 4 is 62.2 Å². The average molecular weight is 513 g/mol. The van der Waals surface area contributed by atoms with Crippen molar-refractivity contribution in [2.75, 3.05) is 13.2 Å². The number of rotatable bonds is 8. The Bertz CT molecular complexity index is 1010. The van der Waals surface area contributed by atoms with Crippen molar-refractivity contribution in [1.82, 2.24) is 4.90 Å². The van der Waals surface area contributed by atoms with Crippen LogP contribution in [0.3, 0.4) is 0 Å². The minimum atomic E-state index is -1.13. The maximum Gasteiger partial charge on any atom is 0.341 e. The molecule has 0 aromatic heterocycles. The number of hydrogen-bond donors (Lipinski definition) is 1. The highest BCUT2D eigenvalue weighted by atomic mass is 79.9. The zero-order chi connectivity index (χ0) is 21.8. The Morgan fingerprint density at radius 3 is 2.53 bits per heavy atom. The average Bonchev–Trinajstić information content (AvgIpc) is 2.95. The third-order valence-corrected chi connectivity index (χ3v) is 6.07. The molecule has 30 heavy (non-hydrogen) atoms. The van der Waals surface area contributed by atoms with Crippen LogP contribution in [-0.2, 0) is 16.0 Å². The van der Waals surface area contributed by atoms with E-state index in [1.807, 2.05) is 0 Å². The standard InChI is InChI=1S/C20H15BrClNO6S/c21-13-3-6-16(29-10-18(25)26)12(7-13)8-17-19(27)23(20(28)30-17)9-15(24)11-1-4-14(22)5-2-11/h1-7,17H,8-10H2,(H,25,26). The Labute approximate surface area is 189 Å². The molecule has 0 bridgehead atoms. The summed E-state index contributed by atoms with van der Waals surface area (Å²) in [4.78, 5) is 49.3. The van der Waals surface area contributed by atoms with Crippen LogP contribution in [0.4, 0.5) is 4.79 Å². The number of Topliss-reactive ketones (excluding diaryl/α,β-unsaturated/α-hetero) is 1. The molecule has 7 nitrogen and oxygen atoms in total. The van der Waals surface area contributed by atoms with Crippen LogP contribution in [0.15, 0.2) is 46.9 Å². The molecule has 3 rings (SSSR count). The first-order chi connectivity index (χ1) is 14.2. The molecule has 2 aromatic carbocycles. The van der Waals surface area contributed by atoms with E-state index in [4.69, 9.17) is 21.4 Å². The van der Waals surface area contributed by atoms with Gasteiger partial charge in [-0.05, 0) is 54.4 Å². The number of imide groups is 1. The maximum absolute atomic E-state index is 12.8. The molecule has 1 saturated heterocycles. The summed E-state index contributed by atoms with van der Waals surface area (Å²) < 4.78 is 6.00. The number of nitrogens with zero attached hydrogens (tertiary/aromatic N) is 1. The second kappa shape index (κ2) is 9.63. The van der Waals surface area contributed by atoms with Crippen LogP contribution in [0, 0.1) is 0 Å². The quantitative estimate of drug-likeness (QED) is 0.532. The number of aliphatic carboxylic acids is 1. The molecular formula is C20H15BrClNO6S. The fourth-order valence-electron chi connectivity index (χ4n) is 2.83. The van der Waals surface area contributed by atoms with Crippen molar-refractivity contribution < 1.29 is 29.0 Å². The van der Waals surface area contributed by atoms with Gasteiger partial charge in [-0.15, -0.1) is 0 Å². The van der Waals surface area contributed by atoms with Gasteiger partial charge in [0, 0.05) is 15.1 Å². The minimum absolute atomic E-state index is 0.148. The third-order valence-electron chi connectivity index (χ3n) is 4.25. The molecular weight excluding hydrogens is 498 g/mol. The Morgan fingerprint density at radius 2 is 1.87 bits per heavy atom. The van der Waals surface area contributed by atoms with Crippen LogP contribution in [0.25, 0.3) is 0 Å². The van der Waals surface area contributed by atoms with Gasteiger partial charge in [-0.1, -0.05) is 39.3 Å². The number of benzene rings is 2. The molecule has 1 N–H and O–H groups in total. The second-order valence-electron chi connectivity index (χ2n) is 6.37. The van der Waals surface area contributed by atoms with E-state index < -0.39 is 29.0 Å². The molecule has 0 spiro atoms. The van der Waals surface area contributed by atoms with E-state index in [0.29, 0.717) is 21.9 Å². The molecule has 1 fully saturated rings. The van der Waals surface area contributed by atoms with Crippen LogP contribution < -0.4 is 4.74 Å². The van der Waals surface area contributed by atoms with Gasteiger partial charge in [-0.3, -0.25) is 19.3 Å². The van der Waals surface area contributed by atoms with E-state index in [9.17, 15) is 19.2 Å². The molecule has 0 aliphatic carbocycles. The number of thioether (sulfide) groups is 1. The highest BCUT2D eigenvalue weighted by Crippen LogP contribution is 2.33. The SMILES string of the molecule is O=C(O)COc1ccc(Br)cc1CC1SC(=O)N(CC(=O)c2ccc(Cl)cc2)C1=O. The summed E-state index contributed by atoms with van der Waals surface area (Å²) in [6.45, 7) is -0.884. The Hall–Kier alpha value is -2.36. The highest BCUT2D eigenvalue weighted by Gasteiger charge is 2.40. The molecule has 156 valence electrons. The molecule has 1 unspecified atom stereocenters. The zero-order valence-electron chi connectivity index (χ0n) is 15.3. The largest absolute Gasteiger partial charge is 0.482 e. The number of carbonyl (C=O) groups excluding carboxylic acids is 3. The Balaban J connectivity index is 1.72. The Kier molecular flexibility index (Phi) is 7.17. The van der Waals surface area contributed by atoms with E-state index in [2.05, 4.69) is 15.9 Å². The van der Waals surface area contributed by atoms with E-state index >= 15 is 0 Å². The first kappa shape index (κ1) is 22.3. The molecule has 1 aliphatic heterocycles. The van der Waals surface area contributed by atoms with Crippen molar-refractivity contribution in [1.29, 1.82) is 0 Å². The van der Waals surface area contributed by atoms with Crippen LogP contribution in [-0.4, -0.2) is 51.3 Å². The molecule has 0 saturated carbocycles. The topological polar surface area (TPSA) is 101 Å². The summed E-state index contributed by atoms with van der Waals surface area (Å²) in [6, 6.07) is 11.2. The lowest BCUT2D eigenvalue weighted by atomic mass is 10.1. The predicted molar refractivity (Wildman–Crippen MR) is 115 cm³/mol. The summed E-state index contributed by atoms with van der Waals surface area (Å²) in [5.41, 5.74) is 0.931. The van der Waals surface area contributed by atoms with Gasteiger partial charge < -0.3 is 9.84 Å². The number of ketones is 1. The summed E-state index contributed by atoms with van der Waals surface area (Å²) in [7, 11) is 0. The first-order valence-corrected chi connectivity index (χ1v) is 10.7. The predicted octanol–water partition coefficient (Wildman–Crippen LogP) is 4.06. The molecule has 1 atom stereocenters. The van der Waals surface area contributed by atoms with Gasteiger partial charge in [0.15, 0.2) is 12.4 Å². The minimum Gasteiger partial charge on any atom is -0.482 e. The summed E-state index contributed by atoms with van der Waals surface area (Å²) in [5, 5.41) is 8.06. The monoisotopic (exact) mass is 511 g/mol. The number of carbonyl (C=O) groups is 4. The molecule has 1 heterocycles. The molecule has 10 heteroatoms. The number of halogens is 2. The first-order valence-electron chi connectivity index (χ1n) is 8.68. The Morgan fingerprint density at radius 1 is 1.17 bits per heavy atom. The second-order valence-corrected chi connectivity index (χ2v) is 8.87. The molecule has 2 amide bonds. The highest BCUT2D eigenvalue weighted by molar-refractivity contribution is 9.10. The van der Waals surface area contributed by atoms with Gasteiger partial charge in [0.05, 0.1) is 11.8 Å². The smallest absolute Gasteiger partial charge is 0.341 e.